The van der Waals surface area contributed by atoms with Crippen LogP contribution in [-0.2, 0) is 0 Å². The molecule has 0 aliphatic rings. The van der Waals surface area contributed by atoms with E-state index in [4.69, 9.17) is 28.8 Å². The predicted octanol–water partition coefficient (Wildman–Crippen LogP) is 9.73. The van der Waals surface area contributed by atoms with Crippen LogP contribution >= 0.6 is 0 Å². The molecule has 6 aromatic carbocycles. The Labute approximate surface area is 251 Å². The van der Waals surface area contributed by atoms with E-state index < -0.39 is 0 Å². The third-order valence-corrected chi connectivity index (χ3v) is 7.95. The molecule has 0 radical (unpaired) electrons. The van der Waals surface area contributed by atoms with Crippen LogP contribution in [0.3, 0.4) is 0 Å². The second-order valence-electron chi connectivity index (χ2n) is 10.7. The molecule has 3 heterocycles. The maximum Gasteiger partial charge on any atom is 0.227 e. The van der Waals surface area contributed by atoms with Crippen LogP contribution in [0, 0.1) is 0 Å². The van der Waals surface area contributed by atoms with Crippen LogP contribution in [0.4, 0.5) is 0 Å². The van der Waals surface area contributed by atoms with Gasteiger partial charge >= 0.3 is 0 Å². The highest BCUT2D eigenvalue weighted by molar-refractivity contribution is 6.20. The number of rotatable bonds is 4. The lowest BCUT2D eigenvalue weighted by Crippen LogP contribution is -2.00. The molecule has 0 amide bonds. The highest BCUT2D eigenvalue weighted by Gasteiger charge is 2.21. The molecule has 0 unspecified atom stereocenters. The lowest BCUT2D eigenvalue weighted by atomic mass is 10.0. The van der Waals surface area contributed by atoms with Crippen molar-refractivity contribution in [3.05, 3.63) is 133 Å². The van der Waals surface area contributed by atoms with Crippen molar-refractivity contribution in [2.75, 3.05) is 0 Å². The molecule has 0 atom stereocenters. The minimum absolute atomic E-state index is 0.551. The fourth-order valence-corrected chi connectivity index (χ4v) is 5.85. The molecule has 0 aliphatic carbocycles. The molecule has 206 valence electrons. The Hall–Kier alpha value is -6.14. The molecule has 0 N–H and O–H groups in total. The number of benzene rings is 6. The molecule has 0 spiro atoms. The average Bonchev–Trinajstić information content (AvgIpc) is 3.70. The van der Waals surface area contributed by atoms with Crippen LogP contribution in [0.2, 0.25) is 0 Å². The standard InChI is InChI=1S/C38H22N4O2/c1-3-11-24(12-4-1)35-40-36(27-19-18-23-10-7-8-15-26(23)22-27)42-37(41-35)28-16-9-17-30-32(28)33-31(43-30)21-20-29-34(33)44-38(39-29)25-13-5-2-6-14-25/h1-22H. The second kappa shape index (κ2) is 9.71. The Kier molecular flexibility index (Phi) is 5.40. The zero-order valence-corrected chi connectivity index (χ0v) is 23.3. The van der Waals surface area contributed by atoms with E-state index in [-0.39, 0.29) is 0 Å². The van der Waals surface area contributed by atoms with Gasteiger partial charge in [0.25, 0.3) is 0 Å². The van der Waals surface area contributed by atoms with E-state index in [9.17, 15) is 0 Å². The minimum atomic E-state index is 0.551. The van der Waals surface area contributed by atoms with Gasteiger partial charge in [-0.25, -0.2) is 19.9 Å². The van der Waals surface area contributed by atoms with Gasteiger partial charge in [0, 0.05) is 27.6 Å². The van der Waals surface area contributed by atoms with Gasteiger partial charge in [-0.05, 0) is 47.2 Å². The molecule has 6 nitrogen and oxygen atoms in total. The summed E-state index contributed by atoms with van der Waals surface area (Å²) >= 11 is 0. The number of hydrogen-bond donors (Lipinski definition) is 0. The first kappa shape index (κ1) is 24.5. The maximum absolute atomic E-state index is 6.43. The molecule has 0 aliphatic heterocycles. The van der Waals surface area contributed by atoms with Crippen LogP contribution in [0.15, 0.2) is 142 Å². The maximum atomic E-state index is 6.43. The summed E-state index contributed by atoms with van der Waals surface area (Å²) in [5.41, 5.74) is 6.42. The first-order valence-corrected chi connectivity index (χ1v) is 14.4. The number of nitrogens with zero attached hydrogens (tertiary/aromatic N) is 4. The fraction of sp³-hybridized carbons (Fsp3) is 0. The molecule has 6 heteroatoms. The second-order valence-corrected chi connectivity index (χ2v) is 10.7. The smallest absolute Gasteiger partial charge is 0.227 e. The summed E-state index contributed by atoms with van der Waals surface area (Å²) in [4.78, 5) is 19.8. The van der Waals surface area contributed by atoms with E-state index in [1.807, 2.05) is 103 Å². The van der Waals surface area contributed by atoms with Crippen LogP contribution in [0.5, 0.6) is 0 Å². The van der Waals surface area contributed by atoms with Gasteiger partial charge < -0.3 is 8.83 Å². The Balaban J connectivity index is 1.31. The first-order chi connectivity index (χ1) is 21.8. The van der Waals surface area contributed by atoms with Gasteiger partial charge in [0.2, 0.25) is 5.89 Å². The molecule has 9 rings (SSSR count). The number of oxazole rings is 1. The average molecular weight is 567 g/mol. The number of hydrogen-bond acceptors (Lipinski definition) is 6. The van der Waals surface area contributed by atoms with Crippen LogP contribution in [0.1, 0.15) is 0 Å². The summed E-state index contributed by atoms with van der Waals surface area (Å²) < 4.78 is 12.8. The number of aromatic nitrogens is 4. The fourth-order valence-electron chi connectivity index (χ4n) is 5.85. The van der Waals surface area contributed by atoms with Crippen molar-refractivity contribution in [2.45, 2.75) is 0 Å². The minimum Gasteiger partial charge on any atom is -0.456 e. The Morgan fingerprint density at radius 3 is 1.91 bits per heavy atom. The van der Waals surface area contributed by atoms with Crippen molar-refractivity contribution < 1.29 is 8.83 Å². The van der Waals surface area contributed by atoms with E-state index in [2.05, 4.69) is 30.3 Å². The lowest BCUT2D eigenvalue weighted by molar-refractivity contribution is 0.622. The summed E-state index contributed by atoms with van der Waals surface area (Å²) in [6, 6.07) is 44.3. The Morgan fingerprint density at radius 2 is 1.09 bits per heavy atom. The van der Waals surface area contributed by atoms with Crippen molar-refractivity contribution in [1.82, 2.24) is 19.9 Å². The van der Waals surface area contributed by atoms with Gasteiger partial charge in [-0.3, -0.25) is 0 Å². The molecular formula is C38H22N4O2. The molecule has 0 bridgehead atoms. The van der Waals surface area contributed by atoms with E-state index in [0.717, 1.165) is 54.9 Å². The van der Waals surface area contributed by atoms with Crippen LogP contribution in [0.25, 0.3) is 89.4 Å². The van der Waals surface area contributed by atoms with Crippen LogP contribution in [-0.4, -0.2) is 19.9 Å². The van der Waals surface area contributed by atoms with Gasteiger partial charge in [-0.1, -0.05) is 97.1 Å². The summed E-state index contributed by atoms with van der Waals surface area (Å²) in [7, 11) is 0. The zero-order valence-electron chi connectivity index (χ0n) is 23.3. The van der Waals surface area contributed by atoms with Gasteiger partial charge in [-0.2, -0.15) is 0 Å². The topological polar surface area (TPSA) is 77.8 Å². The zero-order chi connectivity index (χ0) is 29.0. The predicted molar refractivity (Wildman–Crippen MR) is 174 cm³/mol. The molecular weight excluding hydrogens is 544 g/mol. The quantitative estimate of drug-likeness (QED) is 0.211. The van der Waals surface area contributed by atoms with Gasteiger partial charge in [-0.15, -0.1) is 0 Å². The molecule has 0 fully saturated rings. The molecule has 3 aromatic heterocycles. The van der Waals surface area contributed by atoms with E-state index in [0.29, 0.717) is 34.5 Å². The highest BCUT2D eigenvalue weighted by Crippen LogP contribution is 2.41. The van der Waals surface area contributed by atoms with E-state index >= 15 is 0 Å². The van der Waals surface area contributed by atoms with Crippen LogP contribution < -0.4 is 0 Å². The van der Waals surface area contributed by atoms with Crippen molar-refractivity contribution >= 4 is 43.8 Å². The van der Waals surface area contributed by atoms with E-state index in [1.165, 1.54) is 0 Å². The normalized spacial score (nSPS) is 11.6. The Morgan fingerprint density at radius 1 is 0.409 bits per heavy atom. The summed E-state index contributed by atoms with van der Waals surface area (Å²) in [6.07, 6.45) is 0. The van der Waals surface area contributed by atoms with Crippen molar-refractivity contribution in [3.63, 3.8) is 0 Å². The summed E-state index contributed by atoms with van der Waals surface area (Å²) in [5.74, 6) is 2.31. The molecule has 9 aromatic rings. The van der Waals surface area contributed by atoms with Gasteiger partial charge in [0.1, 0.15) is 16.7 Å². The first-order valence-electron chi connectivity index (χ1n) is 14.4. The molecule has 0 saturated carbocycles. The number of fused-ring (bicyclic) bond motifs is 6. The number of furan rings is 1. The Bertz CT molecular complexity index is 2500. The van der Waals surface area contributed by atoms with Gasteiger partial charge in [0.05, 0.1) is 5.39 Å². The largest absolute Gasteiger partial charge is 0.456 e. The van der Waals surface area contributed by atoms with Gasteiger partial charge in [0.15, 0.2) is 23.1 Å². The third kappa shape index (κ3) is 3.96. The SMILES string of the molecule is c1ccc(-c2nc(-c3ccc4ccccc4c3)nc(-c3cccc4oc5ccc6nc(-c7ccccc7)oc6c5c34)n2)cc1. The highest BCUT2D eigenvalue weighted by atomic mass is 16.4. The van der Waals surface area contributed by atoms with Crippen molar-refractivity contribution in [1.29, 1.82) is 0 Å². The van der Waals surface area contributed by atoms with Crippen molar-refractivity contribution in [2.24, 2.45) is 0 Å². The molecule has 0 saturated heterocycles. The molecule has 44 heavy (non-hydrogen) atoms. The third-order valence-electron chi connectivity index (χ3n) is 7.95. The summed E-state index contributed by atoms with van der Waals surface area (Å²) in [5, 5.41) is 4.00. The monoisotopic (exact) mass is 566 g/mol. The van der Waals surface area contributed by atoms with E-state index in [1.54, 1.807) is 0 Å². The lowest BCUT2D eigenvalue weighted by Gasteiger charge is -2.10. The summed E-state index contributed by atoms with van der Waals surface area (Å²) in [6.45, 7) is 0. The van der Waals surface area contributed by atoms with Crippen molar-refractivity contribution in [3.8, 4) is 45.6 Å².